The van der Waals surface area contributed by atoms with E-state index in [9.17, 15) is 10.1 Å². The van der Waals surface area contributed by atoms with E-state index in [1.54, 1.807) is 25.3 Å². The third kappa shape index (κ3) is 2.98. The number of ether oxygens (including phenoxy) is 2. The fraction of sp³-hybridized carbons (Fsp3) is 0.250. The lowest BCUT2D eigenvalue weighted by molar-refractivity contribution is -0.120. The number of nitrogens with zero attached hydrogens (tertiary/aromatic N) is 3. The van der Waals surface area contributed by atoms with Gasteiger partial charge < -0.3 is 14.4 Å². The molecule has 0 saturated carbocycles. The second kappa shape index (κ2) is 6.89. The third-order valence-electron chi connectivity index (χ3n) is 4.56. The van der Waals surface area contributed by atoms with E-state index in [1.807, 2.05) is 43.0 Å². The van der Waals surface area contributed by atoms with Crippen molar-refractivity contribution in [1.82, 2.24) is 0 Å². The molecule has 1 amide bonds. The summed E-state index contributed by atoms with van der Waals surface area (Å²) >= 11 is 5.65. The van der Waals surface area contributed by atoms with Crippen LogP contribution in [0.1, 0.15) is 19.4 Å². The molecule has 0 aliphatic carbocycles. The minimum atomic E-state index is -0.868. The zero-order valence-corrected chi connectivity index (χ0v) is 16.3. The van der Waals surface area contributed by atoms with Crippen LogP contribution in [0.4, 0.5) is 11.4 Å². The number of rotatable bonds is 4. The summed E-state index contributed by atoms with van der Waals surface area (Å²) in [6.45, 7) is 3.65. The molecule has 0 N–H and O–H groups in total. The number of carbonyl (C=O) groups excluding carboxylic acids is 1. The summed E-state index contributed by atoms with van der Waals surface area (Å²) in [5.74, 6) is 0.961. The molecule has 1 aliphatic heterocycles. The first-order valence-electron chi connectivity index (χ1n) is 8.26. The fourth-order valence-corrected chi connectivity index (χ4v) is 3.62. The van der Waals surface area contributed by atoms with Gasteiger partial charge in [-0.25, -0.2) is 0 Å². The molecule has 2 aromatic rings. The normalized spacial score (nSPS) is 15.7. The Morgan fingerprint density at radius 3 is 2.22 bits per heavy atom. The van der Waals surface area contributed by atoms with E-state index in [0.29, 0.717) is 22.1 Å². The quantitative estimate of drug-likeness (QED) is 0.756. The molecule has 6 nitrogen and oxygen atoms in total. The molecule has 1 saturated heterocycles. The van der Waals surface area contributed by atoms with Gasteiger partial charge in [-0.3, -0.25) is 9.69 Å². The molecule has 0 radical (unpaired) electrons. The first-order chi connectivity index (χ1) is 12.8. The standard InChI is InChI=1S/C20H19N3O3S/c1-20(2)18(24)22(15-6-5-13(12-21)17(11-15)26-4)19(27)23(20)14-7-9-16(25-3)10-8-14/h5-11H,1-4H3. The number of hydrogen-bond donors (Lipinski definition) is 0. The molecule has 1 aliphatic rings. The average Bonchev–Trinajstić information content (AvgIpc) is 2.85. The number of thiocarbonyl (C=S) groups is 1. The van der Waals surface area contributed by atoms with E-state index in [1.165, 1.54) is 12.0 Å². The monoisotopic (exact) mass is 381 g/mol. The lowest BCUT2D eigenvalue weighted by Gasteiger charge is -2.29. The van der Waals surface area contributed by atoms with Crippen LogP contribution < -0.4 is 19.3 Å². The number of benzene rings is 2. The Morgan fingerprint density at radius 1 is 1.04 bits per heavy atom. The molecular formula is C20H19N3O3S. The highest BCUT2D eigenvalue weighted by atomic mass is 32.1. The van der Waals surface area contributed by atoms with E-state index in [0.717, 1.165) is 11.4 Å². The smallest absolute Gasteiger partial charge is 0.259 e. The molecule has 0 unspecified atom stereocenters. The van der Waals surface area contributed by atoms with Crippen LogP contribution in [0, 0.1) is 11.3 Å². The van der Waals surface area contributed by atoms with Gasteiger partial charge in [0.05, 0.1) is 25.5 Å². The van der Waals surface area contributed by atoms with Gasteiger partial charge in [-0.05, 0) is 62.5 Å². The lowest BCUT2D eigenvalue weighted by Crippen LogP contribution is -2.44. The van der Waals surface area contributed by atoms with Crippen molar-refractivity contribution < 1.29 is 14.3 Å². The van der Waals surface area contributed by atoms with Crippen LogP contribution in [0.2, 0.25) is 0 Å². The predicted molar refractivity (Wildman–Crippen MR) is 107 cm³/mol. The van der Waals surface area contributed by atoms with Gasteiger partial charge in [0.1, 0.15) is 23.1 Å². The number of amides is 1. The summed E-state index contributed by atoms with van der Waals surface area (Å²) in [5.41, 5.74) is 0.879. The average molecular weight is 381 g/mol. The molecule has 138 valence electrons. The molecule has 1 heterocycles. The minimum Gasteiger partial charge on any atom is -0.497 e. The largest absolute Gasteiger partial charge is 0.497 e. The number of carbonyl (C=O) groups is 1. The van der Waals surface area contributed by atoms with Crippen molar-refractivity contribution in [3.05, 3.63) is 48.0 Å². The van der Waals surface area contributed by atoms with Gasteiger partial charge in [0.2, 0.25) is 0 Å². The first kappa shape index (κ1) is 18.7. The van der Waals surface area contributed by atoms with Crippen molar-refractivity contribution in [3.63, 3.8) is 0 Å². The molecule has 3 rings (SSSR count). The molecule has 1 fully saturated rings. The molecule has 2 aromatic carbocycles. The van der Waals surface area contributed by atoms with Crippen LogP contribution in [0.15, 0.2) is 42.5 Å². The highest BCUT2D eigenvalue weighted by Gasteiger charge is 2.50. The Hall–Kier alpha value is -3.11. The van der Waals surface area contributed by atoms with Crippen molar-refractivity contribution in [2.24, 2.45) is 0 Å². The first-order valence-corrected chi connectivity index (χ1v) is 8.67. The zero-order chi connectivity index (χ0) is 19.8. The maximum absolute atomic E-state index is 13.2. The molecular weight excluding hydrogens is 362 g/mol. The Labute approximate surface area is 163 Å². The maximum Gasteiger partial charge on any atom is 0.259 e. The van der Waals surface area contributed by atoms with Crippen LogP contribution >= 0.6 is 12.2 Å². The summed E-state index contributed by atoms with van der Waals surface area (Å²) < 4.78 is 10.5. The minimum absolute atomic E-state index is 0.157. The topological polar surface area (TPSA) is 65.8 Å². The molecule has 0 bridgehead atoms. The molecule has 0 aromatic heterocycles. The highest BCUT2D eigenvalue weighted by molar-refractivity contribution is 7.81. The summed E-state index contributed by atoms with van der Waals surface area (Å²) in [7, 11) is 3.08. The Morgan fingerprint density at radius 2 is 1.67 bits per heavy atom. The van der Waals surface area contributed by atoms with E-state index in [2.05, 4.69) is 6.07 Å². The van der Waals surface area contributed by atoms with Gasteiger partial charge in [0.25, 0.3) is 5.91 Å². The van der Waals surface area contributed by atoms with Gasteiger partial charge in [-0.2, -0.15) is 5.26 Å². The third-order valence-corrected chi connectivity index (χ3v) is 4.93. The van der Waals surface area contributed by atoms with Crippen LogP contribution in [-0.2, 0) is 4.79 Å². The number of hydrogen-bond acceptors (Lipinski definition) is 5. The van der Waals surface area contributed by atoms with Gasteiger partial charge in [-0.1, -0.05) is 0 Å². The zero-order valence-electron chi connectivity index (χ0n) is 15.5. The van der Waals surface area contributed by atoms with Crippen molar-refractivity contribution in [3.8, 4) is 17.6 Å². The van der Waals surface area contributed by atoms with E-state index in [-0.39, 0.29) is 5.91 Å². The Balaban J connectivity index is 2.05. The second-order valence-corrected chi connectivity index (χ2v) is 6.88. The van der Waals surface area contributed by atoms with E-state index in [4.69, 9.17) is 21.7 Å². The van der Waals surface area contributed by atoms with Gasteiger partial charge >= 0.3 is 0 Å². The Bertz CT molecular complexity index is 948. The van der Waals surface area contributed by atoms with Crippen LogP contribution in [0.3, 0.4) is 0 Å². The highest BCUT2D eigenvalue weighted by Crippen LogP contribution is 2.38. The second-order valence-electron chi connectivity index (χ2n) is 6.51. The molecule has 7 heteroatoms. The predicted octanol–water partition coefficient (Wildman–Crippen LogP) is 3.49. The summed E-state index contributed by atoms with van der Waals surface area (Å²) in [6, 6.07) is 14.4. The molecule has 0 atom stereocenters. The Kier molecular flexibility index (Phi) is 4.77. The molecule has 27 heavy (non-hydrogen) atoms. The van der Waals surface area contributed by atoms with E-state index >= 15 is 0 Å². The lowest BCUT2D eigenvalue weighted by atomic mass is 10.0. The van der Waals surface area contributed by atoms with E-state index < -0.39 is 5.54 Å². The summed E-state index contributed by atoms with van der Waals surface area (Å²) in [6.07, 6.45) is 0. The van der Waals surface area contributed by atoms with Gasteiger partial charge in [-0.15, -0.1) is 0 Å². The summed E-state index contributed by atoms with van der Waals surface area (Å²) in [5, 5.41) is 9.53. The SMILES string of the molecule is COc1ccc(N2C(=S)N(c3ccc(C#N)c(OC)c3)C(=O)C2(C)C)cc1. The summed E-state index contributed by atoms with van der Waals surface area (Å²) in [4.78, 5) is 16.5. The van der Waals surface area contributed by atoms with Crippen molar-refractivity contribution in [1.29, 1.82) is 5.26 Å². The van der Waals surface area contributed by atoms with Crippen molar-refractivity contribution in [2.45, 2.75) is 19.4 Å². The van der Waals surface area contributed by atoms with Gasteiger partial charge in [0.15, 0.2) is 5.11 Å². The van der Waals surface area contributed by atoms with Crippen LogP contribution in [0.5, 0.6) is 11.5 Å². The van der Waals surface area contributed by atoms with Crippen molar-refractivity contribution in [2.75, 3.05) is 24.0 Å². The van der Waals surface area contributed by atoms with Crippen LogP contribution in [0.25, 0.3) is 0 Å². The number of nitriles is 1. The van der Waals surface area contributed by atoms with Gasteiger partial charge in [0, 0.05) is 11.8 Å². The fourth-order valence-electron chi connectivity index (χ4n) is 3.10. The number of anilines is 2. The molecule has 0 spiro atoms. The van der Waals surface area contributed by atoms with Crippen LogP contribution in [-0.4, -0.2) is 30.8 Å². The number of methoxy groups -OCH3 is 2. The van der Waals surface area contributed by atoms with Crippen molar-refractivity contribution >= 4 is 34.6 Å². The maximum atomic E-state index is 13.2.